The number of rotatable bonds is 49. The molecular weight excluding hydrogens is 943 g/mol. The number of hydrogen-bond acceptors (Lipinski definition) is 10. The van der Waals surface area contributed by atoms with Crippen molar-refractivity contribution in [3.63, 3.8) is 0 Å². The van der Waals surface area contributed by atoms with E-state index in [0.29, 0.717) is 19.3 Å². The summed E-state index contributed by atoms with van der Waals surface area (Å²) in [6.45, 7) is 5.61. The number of unbranched alkanes of at least 4 members (excludes halogenated alkanes) is 21. The van der Waals surface area contributed by atoms with Gasteiger partial charge in [0.1, 0.15) is 24.4 Å². The number of ether oxygens (including phenoxy) is 3. The van der Waals surface area contributed by atoms with E-state index >= 15 is 0 Å². The molecule has 11 heteroatoms. The molecule has 0 radical (unpaired) electrons. The molecule has 0 aromatic carbocycles. The molecule has 6 N–H and O–H groups in total. The minimum absolute atomic E-state index is 0.0935. The summed E-state index contributed by atoms with van der Waals surface area (Å²) in [5, 5.41) is 56.8. The van der Waals surface area contributed by atoms with E-state index in [1.165, 1.54) is 89.9 Å². The van der Waals surface area contributed by atoms with Gasteiger partial charge in [0.25, 0.3) is 0 Å². The summed E-state index contributed by atoms with van der Waals surface area (Å²) in [4.78, 5) is 26.5. The molecule has 0 aliphatic carbocycles. The van der Waals surface area contributed by atoms with Crippen molar-refractivity contribution in [1.82, 2.24) is 5.32 Å². The average Bonchev–Trinajstić information content (AvgIpc) is 3.41. The molecule has 0 aromatic heterocycles. The Morgan fingerprint density at radius 3 is 1.45 bits per heavy atom. The molecule has 1 rings (SSSR count). The van der Waals surface area contributed by atoms with Crippen LogP contribution in [0.4, 0.5) is 0 Å². The van der Waals surface area contributed by atoms with E-state index in [9.17, 15) is 35.1 Å². The largest absolute Gasteiger partial charge is 0.454 e. The van der Waals surface area contributed by atoms with Gasteiger partial charge in [0, 0.05) is 6.42 Å². The third-order valence-corrected chi connectivity index (χ3v) is 13.5. The average molecular weight is 1050 g/mol. The Kier molecular flexibility index (Phi) is 47.6. The van der Waals surface area contributed by atoms with Gasteiger partial charge >= 0.3 is 5.97 Å². The highest BCUT2D eigenvalue weighted by Gasteiger charge is 2.47. The van der Waals surface area contributed by atoms with Crippen LogP contribution in [0.15, 0.2) is 97.2 Å². The minimum atomic E-state index is -1.63. The van der Waals surface area contributed by atoms with E-state index in [-0.39, 0.29) is 19.4 Å². The molecule has 1 aliphatic rings. The lowest BCUT2D eigenvalue weighted by atomic mass is 9.99. The van der Waals surface area contributed by atoms with Gasteiger partial charge in [-0.05, 0) is 103 Å². The zero-order valence-corrected chi connectivity index (χ0v) is 47.4. The Balaban J connectivity index is 2.77. The lowest BCUT2D eigenvalue weighted by molar-refractivity contribution is -0.305. The maximum Gasteiger partial charge on any atom is 0.306 e. The fraction of sp³-hybridized carbons (Fsp3) is 0.719. The van der Waals surface area contributed by atoms with Gasteiger partial charge in [-0.3, -0.25) is 9.59 Å². The minimum Gasteiger partial charge on any atom is -0.454 e. The maximum atomic E-state index is 13.4. The highest BCUT2D eigenvalue weighted by molar-refractivity contribution is 5.80. The summed E-state index contributed by atoms with van der Waals surface area (Å²) >= 11 is 0. The monoisotopic (exact) mass is 1050 g/mol. The van der Waals surface area contributed by atoms with Crippen molar-refractivity contribution >= 4 is 11.9 Å². The molecule has 0 spiro atoms. The number of carbonyl (C=O) groups excluding carboxylic acids is 2. The molecule has 1 amide bonds. The Bertz CT molecular complexity index is 1580. The normalized spacial score (nSPS) is 19.9. The van der Waals surface area contributed by atoms with E-state index in [1.807, 2.05) is 12.2 Å². The van der Waals surface area contributed by atoms with Crippen molar-refractivity contribution < 1.29 is 49.3 Å². The SMILES string of the molecule is CC/C=C\C/C=C\C/C=C\C/C=C\C/C=C\C/C=C\CCCC(O)C(=O)NC(COC1OC(CO)C(O)C(O)C1OC(=O)CCCCC/C=C\CCCCCCCC)C(O)/C=C/CCCCCCCCCCCCC. The summed E-state index contributed by atoms with van der Waals surface area (Å²) in [5.74, 6) is -1.26. The van der Waals surface area contributed by atoms with Gasteiger partial charge in [-0.25, -0.2) is 0 Å². The van der Waals surface area contributed by atoms with Crippen LogP contribution in [0.5, 0.6) is 0 Å². The quantitative estimate of drug-likeness (QED) is 0.0195. The number of esters is 1. The number of carbonyl (C=O) groups is 2. The van der Waals surface area contributed by atoms with Crippen LogP contribution in [0.25, 0.3) is 0 Å². The molecule has 8 unspecified atom stereocenters. The topological polar surface area (TPSA) is 175 Å². The summed E-state index contributed by atoms with van der Waals surface area (Å²) < 4.78 is 17.5. The number of amides is 1. The van der Waals surface area contributed by atoms with Crippen molar-refractivity contribution in [1.29, 1.82) is 0 Å². The Hall–Kier alpha value is -3.42. The molecule has 1 saturated heterocycles. The van der Waals surface area contributed by atoms with Crippen molar-refractivity contribution in [2.75, 3.05) is 13.2 Å². The van der Waals surface area contributed by atoms with E-state index in [1.54, 1.807) is 6.08 Å². The van der Waals surface area contributed by atoms with E-state index < -0.39 is 67.4 Å². The Labute approximate surface area is 456 Å². The van der Waals surface area contributed by atoms with Crippen molar-refractivity contribution in [3.8, 4) is 0 Å². The van der Waals surface area contributed by atoms with Crippen molar-refractivity contribution in [2.45, 2.75) is 282 Å². The van der Waals surface area contributed by atoms with Crippen LogP contribution in [0.3, 0.4) is 0 Å². The van der Waals surface area contributed by atoms with Gasteiger partial charge in [0.15, 0.2) is 12.4 Å². The third kappa shape index (κ3) is 39.6. The molecule has 75 heavy (non-hydrogen) atoms. The fourth-order valence-corrected chi connectivity index (χ4v) is 8.71. The Morgan fingerprint density at radius 1 is 0.533 bits per heavy atom. The zero-order valence-electron chi connectivity index (χ0n) is 47.4. The fourth-order valence-electron chi connectivity index (χ4n) is 8.71. The molecule has 1 heterocycles. The van der Waals surface area contributed by atoms with Gasteiger partial charge in [0.2, 0.25) is 5.91 Å². The first-order chi connectivity index (χ1) is 36.7. The van der Waals surface area contributed by atoms with Crippen LogP contribution in [-0.2, 0) is 23.8 Å². The second-order valence-electron chi connectivity index (χ2n) is 20.3. The van der Waals surface area contributed by atoms with E-state index in [4.69, 9.17) is 14.2 Å². The molecule has 0 aromatic rings. The van der Waals surface area contributed by atoms with Gasteiger partial charge in [-0.2, -0.15) is 0 Å². The standard InChI is InChI=1S/C64H109NO10/c1-4-7-10-13-16-19-22-25-26-27-28-29-30-31-34-36-39-42-45-48-51-57(68)63(72)65-55(56(67)50-47-44-41-38-35-32-23-20-17-14-11-8-5-2)54-73-64-62(61(71)60(70)58(53-66)74-64)75-59(69)52-49-46-43-40-37-33-24-21-18-15-12-9-6-3/h7,10,16,19,25-26,28-29,31,33-34,37,39,42,47,50,55-58,60-62,64,66-68,70-71H,4-6,8-9,11-15,17-18,20-24,27,30,32,35-36,38,40-41,43-46,48-49,51-54H2,1-3H3,(H,65,72)/b10-7-,19-16-,26-25-,29-28-,34-31-,37-33-,42-39-,50-47+. The highest BCUT2D eigenvalue weighted by Crippen LogP contribution is 2.26. The van der Waals surface area contributed by atoms with Crippen LogP contribution in [0, 0.1) is 0 Å². The molecule has 8 atom stereocenters. The molecule has 430 valence electrons. The number of aliphatic hydroxyl groups excluding tert-OH is 5. The first-order valence-corrected chi connectivity index (χ1v) is 30.0. The molecular formula is C64H109NO10. The maximum absolute atomic E-state index is 13.4. The van der Waals surface area contributed by atoms with E-state index in [2.05, 4.69) is 105 Å². The smallest absolute Gasteiger partial charge is 0.306 e. The van der Waals surface area contributed by atoms with Crippen LogP contribution in [-0.4, -0.2) is 99.6 Å². The highest BCUT2D eigenvalue weighted by atomic mass is 16.7. The lowest BCUT2D eigenvalue weighted by Crippen LogP contribution is -2.61. The van der Waals surface area contributed by atoms with Crippen molar-refractivity contribution in [2.24, 2.45) is 0 Å². The number of hydrogen-bond donors (Lipinski definition) is 6. The third-order valence-electron chi connectivity index (χ3n) is 13.5. The number of nitrogens with one attached hydrogen (secondary N) is 1. The van der Waals surface area contributed by atoms with Gasteiger partial charge < -0.3 is 45.1 Å². The molecule has 0 saturated carbocycles. The number of allylic oxidation sites excluding steroid dienone is 15. The van der Waals surface area contributed by atoms with Crippen LogP contribution in [0.1, 0.15) is 233 Å². The van der Waals surface area contributed by atoms with Crippen LogP contribution in [0.2, 0.25) is 0 Å². The zero-order chi connectivity index (χ0) is 54.7. The molecule has 0 bridgehead atoms. The molecule has 1 aliphatic heterocycles. The predicted octanol–water partition coefficient (Wildman–Crippen LogP) is 13.9. The van der Waals surface area contributed by atoms with Crippen molar-refractivity contribution in [3.05, 3.63) is 97.2 Å². The lowest BCUT2D eigenvalue weighted by Gasteiger charge is -2.41. The van der Waals surface area contributed by atoms with Gasteiger partial charge in [-0.1, -0.05) is 221 Å². The van der Waals surface area contributed by atoms with Crippen LogP contribution < -0.4 is 5.32 Å². The first-order valence-electron chi connectivity index (χ1n) is 30.0. The van der Waals surface area contributed by atoms with Gasteiger partial charge in [0.05, 0.1) is 25.4 Å². The summed E-state index contributed by atoms with van der Waals surface area (Å²) in [6, 6.07) is -1.06. The number of aliphatic hydroxyl groups is 5. The second kappa shape index (κ2) is 51.3. The predicted molar refractivity (Wildman–Crippen MR) is 310 cm³/mol. The molecule has 11 nitrogen and oxygen atoms in total. The second-order valence-corrected chi connectivity index (χ2v) is 20.3. The van der Waals surface area contributed by atoms with E-state index in [0.717, 1.165) is 89.9 Å². The Morgan fingerprint density at radius 2 is 0.960 bits per heavy atom. The summed E-state index contributed by atoms with van der Waals surface area (Å²) in [6.07, 6.45) is 57.4. The summed E-state index contributed by atoms with van der Waals surface area (Å²) in [5.41, 5.74) is 0. The van der Waals surface area contributed by atoms with Gasteiger partial charge in [-0.15, -0.1) is 0 Å². The first kappa shape index (κ1) is 69.6. The van der Waals surface area contributed by atoms with Crippen LogP contribution >= 0.6 is 0 Å². The molecule has 1 fully saturated rings. The summed E-state index contributed by atoms with van der Waals surface area (Å²) in [7, 11) is 0.